The summed E-state index contributed by atoms with van der Waals surface area (Å²) in [5.74, 6) is -59.8. The Bertz CT molecular complexity index is 5890. The molecule has 14 aromatic carbocycles. The van der Waals surface area contributed by atoms with Crippen LogP contribution in [-0.2, 0) is 99.1 Å². The monoisotopic (exact) mass is 2450 g/mol. The van der Waals surface area contributed by atoms with Crippen LogP contribution in [-0.4, -0.2) is 124 Å². The zero-order valence-corrected chi connectivity index (χ0v) is 88.2. The third-order valence-corrected chi connectivity index (χ3v) is 32.6. The van der Waals surface area contributed by atoms with Gasteiger partial charge in [0.25, 0.3) is 0 Å². The van der Waals surface area contributed by atoms with Crippen LogP contribution in [0.15, 0.2) is 471 Å². The molecular formula is C105H88F20I2O15S7. The first-order chi connectivity index (χ1) is 69.1. The number of carboxylic acids is 3. The molecule has 0 aliphatic carbocycles. The molecule has 14 aromatic rings. The van der Waals surface area contributed by atoms with Crippen molar-refractivity contribution in [2.24, 2.45) is 0 Å². The van der Waals surface area contributed by atoms with Crippen molar-refractivity contribution in [2.45, 2.75) is 168 Å². The molecule has 15 nitrogen and oxygen atoms in total. The lowest BCUT2D eigenvalue weighted by molar-refractivity contribution is -0.361. The van der Waals surface area contributed by atoms with Crippen molar-refractivity contribution in [2.75, 3.05) is 0 Å². The summed E-state index contributed by atoms with van der Waals surface area (Å²) in [7, 11) is -21.9. The van der Waals surface area contributed by atoms with E-state index in [0.717, 1.165) is 0 Å². The standard InChI is InChI=1S/4C18H15S.2C10H13I.C5H2F8O5S.2C4H2F6O5S/c4*1-4-10-16(11-5-1)19(17-12-6-2-7-13-17)18-14-8-3-9-15-18;2*1-10(2,3)8-4-6-9(11)7-5-8;6-2(7,1(14)15)3(8,9)4(10,11)5(12,13)19(16,17)18;2*5-2(6,1(11)12)3(7,8)4(9,10)16(13,14)15/h4*1-15H;2*4-7H,1-3H3;(H,14,15)(H,16,17,18);2*(H,11,12)(H,13,14,15)/q4*+1;;;;;/p-4. The van der Waals surface area contributed by atoms with Crippen molar-refractivity contribution in [3.8, 4) is 0 Å². The Morgan fingerprint density at radius 3 is 0.470 bits per heavy atom. The molecule has 0 radical (unpaired) electrons. The third kappa shape index (κ3) is 33.3. The van der Waals surface area contributed by atoms with Gasteiger partial charge in [-0.2, -0.15) is 87.8 Å². The Labute approximate surface area is 885 Å². The Hall–Kier alpha value is -11.3. The van der Waals surface area contributed by atoms with E-state index in [0.29, 0.717) is 0 Å². The van der Waals surface area contributed by atoms with Crippen LogP contribution in [0.3, 0.4) is 0 Å². The quantitative estimate of drug-likeness (QED) is 0.0233. The van der Waals surface area contributed by atoms with Crippen molar-refractivity contribution >= 4 is 137 Å². The Kier molecular flexibility index (Phi) is 45.9. The molecule has 2 N–H and O–H groups in total. The molecule has 0 amide bonds. The fraction of sp³-hybridized carbons (Fsp3) is 0.171. The molecule has 0 heterocycles. The molecule has 0 spiro atoms. The van der Waals surface area contributed by atoms with E-state index in [1.165, 1.54) is 77.0 Å². The van der Waals surface area contributed by atoms with Crippen LogP contribution < -0.4 is 5.11 Å². The lowest BCUT2D eigenvalue weighted by Crippen LogP contribution is -2.66. The van der Waals surface area contributed by atoms with Gasteiger partial charge in [0.1, 0.15) is 5.97 Å². The fourth-order valence-electron chi connectivity index (χ4n) is 11.8. The van der Waals surface area contributed by atoms with E-state index in [9.17, 15) is 146 Å². The predicted octanol–water partition coefficient (Wildman–Crippen LogP) is 27.0. The van der Waals surface area contributed by atoms with Crippen LogP contribution in [0.5, 0.6) is 0 Å². The van der Waals surface area contributed by atoms with Crippen molar-refractivity contribution in [3.05, 3.63) is 431 Å². The second-order valence-electron chi connectivity index (χ2n) is 32.3. The molecule has 794 valence electrons. The SMILES string of the molecule is CC(C)(C)c1ccc(I)cc1.CC(C)(C)c1ccc(I)cc1.O=C(O)C(F)(F)C(F)(F)C(F)(F)C(F)(F)S(=O)(=O)[O-].O=C(O)C(F)(F)C(F)(F)C(F)(F)S(=O)(=O)[O-].O=C([O-])C(F)(F)C(F)(F)C(F)(F)S(=O)(=O)[O-].c1ccc([S+](c2ccccc2)c2ccccc2)cc1.c1ccc([S+](c2ccccc2)c2ccccc2)cc1.c1ccc([S+](c2ccccc2)c2ccccc2)cc1.c1ccc([S+](c2ccccc2)c2ccccc2)cc1. The largest absolute Gasteiger partial charge is 0.743 e. The predicted molar refractivity (Wildman–Crippen MR) is 541 cm³/mol. The number of hydrogen-bond acceptors (Lipinski definition) is 13. The third-order valence-electron chi connectivity index (χ3n) is 19.6. The molecule has 0 fully saturated rings. The normalized spacial score (nSPS) is 12.3. The second-order valence-corrected chi connectivity index (χ2v) is 47.2. The van der Waals surface area contributed by atoms with Gasteiger partial charge in [0.05, 0.1) is 43.6 Å². The molecule has 0 aliphatic rings. The lowest BCUT2D eigenvalue weighted by atomic mass is 9.87. The van der Waals surface area contributed by atoms with Gasteiger partial charge in [0.2, 0.25) is 0 Å². The molecule has 149 heavy (non-hydrogen) atoms. The summed E-state index contributed by atoms with van der Waals surface area (Å²) in [6.07, 6.45) is 0. The van der Waals surface area contributed by atoms with Gasteiger partial charge < -0.3 is 33.8 Å². The van der Waals surface area contributed by atoms with E-state index >= 15 is 0 Å². The molecule has 0 aliphatic heterocycles. The molecule has 0 bridgehead atoms. The number of hydrogen-bond donors (Lipinski definition) is 2. The second kappa shape index (κ2) is 54.1. The van der Waals surface area contributed by atoms with E-state index in [4.69, 9.17) is 10.2 Å². The highest BCUT2D eigenvalue weighted by Gasteiger charge is 2.85. The lowest BCUT2D eigenvalue weighted by Gasteiger charge is -2.35. The van der Waals surface area contributed by atoms with Crippen LogP contribution in [0.4, 0.5) is 87.8 Å². The summed E-state index contributed by atoms with van der Waals surface area (Å²) in [5, 5.41) is 3.90. The maximum atomic E-state index is 12.5. The minimum absolute atomic E-state index is 0.0146. The summed E-state index contributed by atoms with van der Waals surface area (Å²) in [5.41, 5.74) is 3.37. The molecule has 14 rings (SSSR count). The van der Waals surface area contributed by atoms with Gasteiger partial charge >= 0.3 is 69.2 Å². The highest BCUT2D eigenvalue weighted by Crippen LogP contribution is 2.55. The fourth-order valence-corrected chi connectivity index (χ4v) is 22.3. The van der Waals surface area contributed by atoms with Crippen molar-refractivity contribution in [1.82, 2.24) is 0 Å². The van der Waals surface area contributed by atoms with Crippen molar-refractivity contribution < 1.29 is 156 Å². The van der Waals surface area contributed by atoms with Gasteiger partial charge in [-0.25, -0.2) is 34.8 Å². The molecular weight excluding hydrogens is 2360 g/mol. The van der Waals surface area contributed by atoms with Gasteiger partial charge in [0, 0.05) is 7.14 Å². The Morgan fingerprint density at radius 1 is 0.221 bits per heavy atom. The summed E-state index contributed by atoms with van der Waals surface area (Å²) >= 11 is 4.65. The van der Waals surface area contributed by atoms with Crippen LogP contribution >= 0.6 is 45.2 Å². The maximum Gasteiger partial charge on any atom is 0.411 e. The summed E-state index contributed by atoms with van der Waals surface area (Å²) < 4.78 is 335. The van der Waals surface area contributed by atoms with E-state index < -0.39 is 105 Å². The van der Waals surface area contributed by atoms with Crippen molar-refractivity contribution in [3.63, 3.8) is 0 Å². The molecule has 0 saturated heterocycles. The zero-order chi connectivity index (χ0) is 112. The smallest absolute Gasteiger partial charge is 0.411 e. The molecule has 0 unspecified atom stereocenters. The topological polar surface area (TPSA) is 286 Å². The first-order valence-corrected chi connectivity index (χ1v) is 53.8. The summed E-state index contributed by atoms with van der Waals surface area (Å²) in [6, 6.07) is 146. The first kappa shape index (κ1) is 126. The maximum absolute atomic E-state index is 12.5. The zero-order valence-electron chi connectivity index (χ0n) is 78.1. The van der Waals surface area contributed by atoms with Gasteiger partial charge in [0.15, 0.2) is 89.1 Å². The van der Waals surface area contributed by atoms with Crippen LogP contribution in [0, 0.1) is 7.14 Å². The minimum Gasteiger partial charge on any atom is -0.743 e. The summed E-state index contributed by atoms with van der Waals surface area (Å²) in [4.78, 5) is 45.0. The van der Waals surface area contributed by atoms with Crippen LogP contribution in [0.25, 0.3) is 0 Å². The highest BCUT2D eigenvalue weighted by molar-refractivity contribution is 14.1. The van der Waals surface area contributed by atoms with Crippen molar-refractivity contribution in [1.29, 1.82) is 0 Å². The highest BCUT2D eigenvalue weighted by atomic mass is 127. The number of alkyl halides is 20. The molecule has 44 heteroatoms. The Morgan fingerprint density at radius 2 is 0.349 bits per heavy atom. The molecule has 0 saturated carbocycles. The number of halogens is 22. The van der Waals surface area contributed by atoms with Crippen LogP contribution in [0.1, 0.15) is 52.7 Å². The van der Waals surface area contributed by atoms with Gasteiger partial charge in [-0.15, -0.1) is 0 Å². The van der Waals surface area contributed by atoms with Gasteiger partial charge in [-0.3, -0.25) is 0 Å². The number of carboxylic acid groups (broad SMARTS) is 3. The van der Waals surface area contributed by atoms with E-state index in [1.54, 1.807) is 0 Å². The first-order valence-electron chi connectivity index (χ1n) is 42.6. The number of carbonyl (C=O) groups excluding carboxylic acids is 1. The molecule has 0 atom stereocenters. The minimum atomic E-state index is -7.47. The number of carbonyl (C=O) groups is 3. The molecule has 0 aromatic heterocycles. The van der Waals surface area contributed by atoms with Gasteiger partial charge in [-0.1, -0.05) is 284 Å². The average molecular weight is 2450 g/mol. The number of benzene rings is 14. The number of aliphatic carboxylic acids is 3. The Balaban J connectivity index is 0.000000257. The average Bonchev–Trinajstić information content (AvgIpc) is 0.720. The summed E-state index contributed by atoms with van der Waals surface area (Å²) in [6.45, 7) is 13.4. The van der Waals surface area contributed by atoms with E-state index in [1.807, 2.05) is 0 Å². The van der Waals surface area contributed by atoms with E-state index in [2.05, 4.69) is 499 Å². The number of rotatable bonds is 25. The van der Waals surface area contributed by atoms with Gasteiger partial charge in [-0.05, 0) is 237 Å². The van der Waals surface area contributed by atoms with E-state index in [-0.39, 0.29) is 54.4 Å². The van der Waals surface area contributed by atoms with Crippen LogP contribution in [0.2, 0.25) is 0 Å².